The second-order valence-corrected chi connectivity index (χ2v) is 8.05. The minimum atomic E-state index is 0.329. The second kappa shape index (κ2) is 10.3. The van der Waals surface area contributed by atoms with Gasteiger partial charge in [-0.05, 0) is 61.7 Å². The zero-order valence-corrected chi connectivity index (χ0v) is 19.5. The van der Waals surface area contributed by atoms with Gasteiger partial charge in [-0.25, -0.2) is 4.98 Å². The molecular formula is C28H30N2O3. The number of para-hydroxylation sites is 2. The Morgan fingerprint density at radius 1 is 0.939 bits per heavy atom. The van der Waals surface area contributed by atoms with Crippen LogP contribution in [0.2, 0.25) is 0 Å². The summed E-state index contributed by atoms with van der Waals surface area (Å²) < 4.78 is 19.9. The molecule has 0 fully saturated rings. The monoisotopic (exact) mass is 442 g/mol. The molecule has 0 aliphatic carbocycles. The first-order valence-corrected chi connectivity index (χ1v) is 11.1. The predicted molar refractivity (Wildman–Crippen MR) is 132 cm³/mol. The van der Waals surface area contributed by atoms with Crippen molar-refractivity contribution in [3.05, 3.63) is 95.8 Å². The van der Waals surface area contributed by atoms with Crippen molar-refractivity contribution in [3.8, 4) is 17.2 Å². The number of allylic oxidation sites excluding steroid dienone is 1. The molecule has 0 aliphatic heterocycles. The lowest BCUT2D eigenvalue weighted by Gasteiger charge is -2.14. The summed E-state index contributed by atoms with van der Waals surface area (Å²) in [5, 5.41) is 0. The van der Waals surface area contributed by atoms with Gasteiger partial charge in [0, 0.05) is 0 Å². The van der Waals surface area contributed by atoms with Crippen LogP contribution < -0.4 is 14.2 Å². The summed E-state index contributed by atoms with van der Waals surface area (Å²) in [6.07, 6.45) is 2.66. The summed E-state index contributed by atoms with van der Waals surface area (Å²) in [5.74, 6) is 3.15. The number of benzene rings is 3. The first kappa shape index (κ1) is 22.5. The van der Waals surface area contributed by atoms with Crippen molar-refractivity contribution in [1.29, 1.82) is 0 Å². The van der Waals surface area contributed by atoms with Gasteiger partial charge in [-0.1, -0.05) is 42.0 Å². The van der Waals surface area contributed by atoms with E-state index in [-0.39, 0.29) is 0 Å². The summed E-state index contributed by atoms with van der Waals surface area (Å²) in [7, 11) is 1.65. The summed E-state index contributed by atoms with van der Waals surface area (Å²) in [4.78, 5) is 4.81. The lowest BCUT2D eigenvalue weighted by Crippen LogP contribution is -2.13. The highest BCUT2D eigenvalue weighted by atomic mass is 16.5. The SMILES string of the molecule is C=CCc1ccc(OCc2nc3ccccc3n2CCOc2ccc(C)cc2C)c(OC)c1. The smallest absolute Gasteiger partial charge is 0.161 e. The van der Waals surface area contributed by atoms with Crippen LogP contribution in [-0.4, -0.2) is 23.3 Å². The van der Waals surface area contributed by atoms with Crippen molar-refractivity contribution >= 4 is 11.0 Å². The fourth-order valence-corrected chi connectivity index (χ4v) is 3.96. The topological polar surface area (TPSA) is 45.5 Å². The van der Waals surface area contributed by atoms with E-state index in [0.717, 1.165) is 40.2 Å². The van der Waals surface area contributed by atoms with E-state index in [1.165, 1.54) is 5.56 Å². The minimum absolute atomic E-state index is 0.329. The van der Waals surface area contributed by atoms with Crippen molar-refractivity contribution in [2.45, 2.75) is 33.4 Å². The maximum atomic E-state index is 6.14. The molecule has 0 saturated carbocycles. The molecule has 0 N–H and O–H groups in total. The summed E-state index contributed by atoms with van der Waals surface area (Å²) >= 11 is 0. The Labute approximate surface area is 195 Å². The van der Waals surface area contributed by atoms with E-state index in [1.54, 1.807) is 7.11 Å². The molecule has 0 bridgehead atoms. The number of imidazole rings is 1. The van der Waals surface area contributed by atoms with Crippen molar-refractivity contribution in [2.75, 3.05) is 13.7 Å². The minimum Gasteiger partial charge on any atom is -0.493 e. The number of methoxy groups -OCH3 is 1. The zero-order valence-electron chi connectivity index (χ0n) is 19.5. The fourth-order valence-electron chi connectivity index (χ4n) is 3.96. The molecule has 0 spiro atoms. The van der Waals surface area contributed by atoms with E-state index in [1.807, 2.05) is 48.5 Å². The third-order valence-electron chi connectivity index (χ3n) is 5.60. The molecule has 0 radical (unpaired) electrons. The number of aryl methyl sites for hydroxylation is 2. The molecule has 0 saturated heterocycles. The average Bonchev–Trinajstić information content (AvgIpc) is 3.17. The van der Waals surface area contributed by atoms with Crippen LogP contribution in [0.1, 0.15) is 22.5 Å². The molecule has 33 heavy (non-hydrogen) atoms. The predicted octanol–water partition coefficient (Wildman–Crippen LogP) is 6.05. The molecule has 0 unspecified atom stereocenters. The third kappa shape index (κ3) is 5.20. The van der Waals surface area contributed by atoms with Crippen LogP contribution in [0.3, 0.4) is 0 Å². The van der Waals surface area contributed by atoms with Crippen molar-refractivity contribution in [1.82, 2.24) is 9.55 Å². The summed E-state index contributed by atoms with van der Waals surface area (Å²) in [6.45, 7) is 9.49. The highest BCUT2D eigenvalue weighted by Gasteiger charge is 2.13. The maximum Gasteiger partial charge on any atom is 0.161 e. The average molecular weight is 443 g/mol. The molecular weight excluding hydrogens is 412 g/mol. The van der Waals surface area contributed by atoms with Gasteiger partial charge in [-0.3, -0.25) is 0 Å². The van der Waals surface area contributed by atoms with Crippen LogP contribution >= 0.6 is 0 Å². The standard InChI is InChI=1S/C28H30N2O3/c1-5-8-22-12-14-26(27(18-22)31-4)33-19-28-29-23-9-6-7-10-24(23)30(28)15-16-32-25-13-11-20(2)17-21(25)3/h5-7,9-14,17-18H,1,8,15-16,19H2,2-4H3. The Balaban J connectivity index is 1.52. The maximum absolute atomic E-state index is 6.14. The van der Waals surface area contributed by atoms with Crippen LogP contribution in [0.4, 0.5) is 0 Å². The van der Waals surface area contributed by atoms with Gasteiger partial charge in [-0.15, -0.1) is 6.58 Å². The Morgan fingerprint density at radius 3 is 2.55 bits per heavy atom. The number of hydrogen-bond donors (Lipinski definition) is 0. The Kier molecular flexibility index (Phi) is 6.98. The lowest BCUT2D eigenvalue weighted by atomic mass is 10.1. The molecule has 5 nitrogen and oxygen atoms in total. The normalized spacial score (nSPS) is 10.9. The summed E-state index contributed by atoms with van der Waals surface area (Å²) in [5.41, 5.74) is 5.50. The fraction of sp³-hybridized carbons (Fsp3) is 0.250. The van der Waals surface area contributed by atoms with Crippen molar-refractivity contribution in [3.63, 3.8) is 0 Å². The van der Waals surface area contributed by atoms with E-state index in [2.05, 4.69) is 43.2 Å². The molecule has 0 aliphatic rings. The first-order valence-electron chi connectivity index (χ1n) is 11.1. The molecule has 1 aromatic heterocycles. The number of ether oxygens (including phenoxy) is 3. The Morgan fingerprint density at radius 2 is 1.76 bits per heavy atom. The lowest BCUT2D eigenvalue weighted by molar-refractivity contribution is 0.261. The number of nitrogens with zero attached hydrogens (tertiary/aromatic N) is 2. The second-order valence-electron chi connectivity index (χ2n) is 8.05. The van der Waals surface area contributed by atoms with E-state index >= 15 is 0 Å². The van der Waals surface area contributed by atoms with Crippen LogP contribution in [0.5, 0.6) is 17.2 Å². The van der Waals surface area contributed by atoms with Crippen LogP contribution in [0.15, 0.2) is 73.3 Å². The number of fused-ring (bicyclic) bond motifs is 1. The van der Waals surface area contributed by atoms with Crippen LogP contribution in [-0.2, 0) is 19.6 Å². The highest BCUT2D eigenvalue weighted by molar-refractivity contribution is 5.75. The highest BCUT2D eigenvalue weighted by Crippen LogP contribution is 2.29. The number of rotatable bonds is 10. The zero-order chi connectivity index (χ0) is 23.2. The molecule has 4 aromatic rings. The third-order valence-corrected chi connectivity index (χ3v) is 5.60. The molecule has 170 valence electrons. The van der Waals surface area contributed by atoms with E-state index in [9.17, 15) is 0 Å². The molecule has 4 rings (SSSR count). The number of aromatic nitrogens is 2. The van der Waals surface area contributed by atoms with Gasteiger partial charge in [0.15, 0.2) is 11.5 Å². The van der Waals surface area contributed by atoms with E-state index in [0.29, 0.717) is 31.3 Å². The quantitative estimate of drug-likeness (QED) is 0.281. The molecule has 1 heterocycles. The van der Waals surface area contributed by atoms with Gasteiger partial charge >= 0.3 is 0 Å². The molecule has 5 heteroatoms. The van der Waals surface area contributed by atoms with E-state index < -0.39 is 0 Å². The van der Waals surface area contributed by atoms with Gasteiger partial charge in [0.1, 0.15) is 24.8 Å². The molecule has 3 aromatic carbocycles. The van der Waals surface area contributed by atoms with Crippen LogP contribution in [0.25, 0.3) is 11.0 Å². The molecule has 0 atom stereocenters. The Bertz CT molecular complexity index is 1260. The van der Waals surface area contributed by atoms with Crippen molar-refractivity contribution < 1.29 is 14.2 Å². The molecule has 0 amide bonds. The van der Waals surface area contributed by atoms with Gasteiger partial charge < -0.3 is 18.8 Å². The van der Waals surface area contributed by atoms with Gasteiger partial charge in [0.25, 0.3) is 0 Å². The van der Waals surface area contributed by atoms with Gasteiger partial charge in [-0.2, -0.15) is 0 Å². The van der Waals surface area contributed by atoms with Crippen molar-refractivity contribution in [2.24, 2.45) is 0 Å². The van der Waals surface area contributed by atoms with Crippen LogP contribution in [0, 0.1) is 13.8 Å². The Hall–Kier alpha value is -3.73. The first-order chi connectivity index (χ1) is 16.1. The van der Waals surface area contributed by atoms with Gasteiger partial charge in [0.2, 0.25) is 0 Å². The summed E-state index contributed by atoms with van der Waals surface area (Å²) in [6, 6.07) is 20.3. The number of hydrogen-bond acceptors (Lipinski definition) is 4. The van der Waals surface area contributed by atoms with E-state index in [4.69, 9.17) is 19.2 Å². The largest absolute Gasteiger partial charge is 0.493 e. The van der Waals surface area contributed by atoms with Gasteiger partial charge in [0.05, 0.1) is 24.7 Å².